The summed E-state index contributed by atoms with van der Waals surface area (Å²) < 4.78 is 5.99. The minimum absolute atomic E-state index is 0.151. The molecule has 0 aromatic heterocycles. The van der Waals surface area contributed by atoms with Crippen molar-refractivity contribution in [2.24, 2.45) is 5.92 Å². The fourth-order valence-corrected chi connectivity index (χ4v) is 6.50. The molecule has 3 amide bonds. The number of hydrogen-bond donors (Lipinski definition) is 1. The van der Waals surface area contributed by atoms with Crippen LogP contribution < -0.4 is 15.0 Å². The molecule has 3 aliphatic rings. The Balaban J connectivity index is 1.15. The van der Waals surface area contributed by atoms with Crippen molar-refractivity contribution >= 4 is 28.4 Å². The predicted molar refractivity (Wildman–Crippen MR) is 158 cm³/mol. The van der Waals surface area contributed by atoms with E-state index in [0.29, 0.717) is 5.92 Å². The van der Waals surface area contributed by atoms with E-state index in [1.165, 1.54) is 4.90 Å². The Hall–Kier alpha value is -4.40. The van der Waals surface area contributed by atoms with Crippen LogP contribution in [-0.2, 0) is 11.3 Å². The first-order valence-electron chi connectivity index (χ1n) is 14.1. The van der Waals surface area contributed by atoms with Crippen LogP contribution >= 0.6 is 0 Å². The summed E-state index contributed by atoms with van der Waals surface area (Å²) in [5, 5.41) is 5.77. The Kier molecular flexibility index (Phi) is 6.37. The molecule has 0 spiro atoms. The number of hydrogen-bond acceptors (Lipinski definition) is 6. The quantitative estimate of drug-likeness (QED) is 0.377. The zero-order chi connectivity index (χ0) is 28.1. The van der Waals surface area contributed by atoms with E-state index in [-0.39, 0.29) is 24.8 Å². The Morgan fingerprint density at radius 3 is 2.34 bits per heavy atom. The van der Waals surface area contributed by atoms with E-state index >= 15 is 0 Å². The van der Waals surface area contributed by atoms with Gasteiger partial charge in [-0.1, -0.05) is 67.6 Å². The first-order valence-corrected chi connectivity index (χ1v) is 14.1. The highest BCUT2D eigenvalue weighted by Crippen LogP contribution is 2.36. The van der Waals surface area contributed by atoms with Crippen LogP contribution in [-0.4, -0.2) is 65.3 Å². The molecule has 3 fully saturated rings. The summed E-state index contributed by atoms with van der Waals surface area (Å²) in [4.78, 5) is 35.3. The van der Waals surface area contributed by atoms with Gasteiger partial charge in [-0.2, -0.15) is 0 Å². The molecule has 8 nitrogen and oxygen atoms in total. The summed E-state index contributed by atoms with van der Waals surface area (Å²) >= 11 is 0. The van der Waals surface area contributed by atoms with Crippen molar-refractivity contribution in [1.29, 1.82) is 0 Å². The lowest BCUT2D eigenvalue weighted by atomic mass is 10.0. The number of rotatable bonds is 5. The van der Waals surface area contributed by atoms with Gasteiger partial charge in [0, 0.05) is 25.8 Å². The van der Waals surface area contributed by atoms with Gasteiger partial charge in [0.1, 0.15) is 30.0 Å². The van der Waals surface area contributed by atoms with E-state index in [1.807, 2.05) is 72.8 Å². The van der Waals surface area contributed by atoms with Crippen LogP contribution in [0.5, 0.6) is 11.5 Å². The topological polar surface area (TPSA) is 68.4 Å². The fraction of sp³-hybridized carbons (Fsp3) is 0.273. The molecular weight excluding hydrogens is 514 g/mol. The summed E-state index contributed by atoms with van der Waals surface area (Å²) in [5.74, 6) is 1.73. The third-order valence-corrected chi connectivity index (χ3v) is 8.44. The first kappa shape index (κ1) is 25.6. The number of imide groups is 1. The average molecular weight is 548 g/mol. The molecule has 4 unspecified atom stereocenters. The van der Waals surface area contributed by atoms with E-state index in [2.05, 4.69) is 46.3 Å². The van der Waals surface area contributed by atoms with Crippen LogP contribution in [0.25, 0.3) is 10.8 Å². The maximum Gasteiger partial charge on any atom is 0.328 e. The molecule has 3 aliphatic heterocycles. The van der Waals surface area contributed by atoms with Gasteiger partial charge in [0.15, 0.2) is 0 Å². The van der Waals surface area contributed by atoms with E-state index in [1.54, 1.807) is 11.9 Å². The minimum Gasteiger partial charge on any atom is -0.457 e. The highest BCUT2D eigenvalue weighted by Gasteiger charge is 2.56. The molecule has 0 aliphatic carbocycles. The summed E-state index contributed by atoms with van der Waals surface area (Å²) in [6, 6.07) is 31.2. The highest BCUT2D eigenvalue weighted by molar-refractivity contribution is 6.01. The molecular formula is C33H33N5O3. The van der Waals surface area contributed by atoms with Gasteiger partial charge >= 0.3 is 6.03 Å². The molecule has 208 valence electrons. The number of amides is 3. The Morgan fingerprint density at radius 2 is 1.54 bits per heavy atom. The zero-order valence-corrected chi connectivity index (χ0v) is 23.2. The number of likely N-dealkylation sites (N-methyl/N-ethyl adjacent to an activating group) is 1. The maximum atomic E-state index is 14.1. The predicted octanol–water partition coefficient (Wildman–Crippen LogP) is 5.07. The van der Waals surface area contributed by atoms with Crippen molar-refractivity contribution in [3.8, 4) is 11.5 Å². The molecule has 4 aromatic carbocycles. The third-order valence-electron chi connectivity index (χ3n) is 8.44. The van der Waals surface area contributed by atoms with Gasteiger partial charge in [-0.05, 0) is 58.7 Å². The molecule has 3 heterocycles. The third kappa shape index (κ3) is 4.49. The second kappa shape index (κ2) is 10.2. The minimum atomic E-state index is -0.469. The number of carbonyl (C=O) groups is 2. The number of urea groups is 1. The second-order valence-electron chi connectivity index (χ2n) is 11.2. The lowest BCUT2D eigenvalue weighted by Crippen LogP contribution is -2.66. The monoisotopic (exact) mass is 547 g/mol. The summed E-state index contributed by atoms with van der Waals surface area (Å²) in [6.07, 6.45) is -0.615. The Morgan fingerprint density at radius 1 is 0.829 bits per heavy atom. The van der Waals surface area contributed by atoms with Gasteiger partial charge in [-0.3, -0.25) is 19.9 Å². The van der Waals surface area contributed by atoms with E-state index in [9.17, 15) is 9.59 Å². The molecule has 0 radical (unpaired) electrons. The molecule has 4 atom stereocenters. The van der Waals surface area contributed by atoms with Gasteiger partial charge in [0.25, 0.3) is 5.91 Å². The lowest BCUT2D eigenvalue weighted by Gasteiger charge is -2.46. The van der Waals surface area contributed by atoms with Crippen LogP contribution in [0.15, 0.2) is 97.1 Å². The number of anilines is 1. The smallest absolute Gasteiger partial charge is 0.328 e. The maximum absolute atomic E-state index is 14.1. The Bertz CT molecular complexity index is 1590. The van der Waals surface area contributed by atoms with Crippen LogP contribution in [0.3, 0.4) is 0 Å². The number of benzene rings is 4. The lowest BCUT2D eigenvalue weighted by molar-refractivity contribution is -0.139. The first-order chi connectivity index (χ1) is 20.0. The molecule has 8 heteroatoms. The molecule has 7 rings (SSSR count). The number of para-hydroxylation sites is 1. The van der Waals surface area contributed by atoms with Gasteiger partial charge in [0.2, 0.25) is 0 Å². The van der Waals surface area contributed by atoms with Crippen molar-refractivity contribution in [1.82, 2.24) is 20.0 Å². The van der Waals surface area contributed by atoms with Gasteiger partial charge in [-0.15, -0.1) is 0 Å². The molecule has 41 heavy (non-hydrogen) atoms. The zero-order valence-electron chi connectivity index (χ0n) is 23.2. The van der Waals surface area contributed by atoms with Crippen molar-refractivity contribution < 1.29 is 14.3 Å². The van der Waals surface area contributed by atoms with E-state index in [4.69, 9.17) is 4.74 Å². The summed E-state index contributed by atoms with van der Waals surface area (Å²) in [6.45, 7) is 4.05. The van der Waals surface area contributed by atoms with Crippen LogP contribution in [0.4, 0.5) is 10.5 Å². The van der Waals surface area contributed by atoms with Crippen molar-refractivity contribution in [2.75, 3.05) is 25.0 Å². The second-order valence-corrected chi connectivity index (χ2v) is 11.2. The van der Waals surface area contributed by atoms with Gasteiger partial charge in [-0.25, -0.2) is 4.79 Å². The number of nitrogens with zero attached hydrogens (tertiary/aromatic N) is 4. The summed E-state index contributed by atoms with van der Waals surface area (Å²) in [5.41, 5.74) is 2.00. The molecule has 0 saturated carbocycles. The van der Waals surface area contributed by atoms with E-state index < -0.39 is 12.2 Å². The Labute approximate surface area is 239 Å². The van der Waals surface area contributed by atoms with Crippen molar-refractivity contribution in [3.63, 3.8) is 0 Å². The van der Waals surface area contributed by atoms with Crippen LogP contribution in [0.2, 0.25) is 0 Å². The standard InChI is InChI=1S/C33H33N5O3/c1-22-19-36(25-15-17-27(18-16-25)41-26-12-4-3-5-13-26)32-34-30-29(37(32)20-22)31(39)38(33(40)35(30)2)21-24-11-8-10-23-9-6-7-14-28(23)24/h3-18,22,29-30,32,34H,19-21H2,1-2H3. The SMILES string of the molecule is CC1CN(c2ccc(Oc3ccccc3)cc2)C2NC3C(C(=O)N(Cc4cccc5ccccc45)C(=O)N3C)N2C1. The number of carbonyl (C=O) groups excluding carboxylic acids is 2. The number of nitrogens with one attached hydrogen (secondary N) is 1. The van der Waals surface area contributed by atoms with Gasteiger partial charge in [0.05, 0.1) is 6.54 Å². The summed E-state index contributed by atoms with van der Waals surface area (Å²) in [7, 11) is 1.79. The normalized spacial score (nSPS) is 24.5. The molecule has 1 N–H and O–H groups in total. The van der Waals surface area contributed by atoms with E-state index in [0.717, 1.165) is 46.6 Å². The fourth-order valence-electron chi connectivity index (χ4n) is 6.50. The van der Waals surface area contributed by atoms with Crippen LogP contribution in [0.1, 0.15) is 12.5 Å². The van der Waals surface area contributed by atoms with Gasteiger partial charge < -0.3 is 14.5 Å². The molecule has 3 saturated heterocycles. The van der Waals surface area contributed by atoms with Crippen molar-refractivity contribution in [2.45, 2.75) is 32.0 Å². The highest BCUT2D eigenvalue weighted by atomic mass is 16.5. The average Bonchev–Trinajstić information content (AvgIpc) is 3.38. The molecule has 4 aromatic rings. The largest absolute Gasteiger partial charge is 0.457 e. The number of ether oxygens (including phenoxy) is 1. The van der Waals surface area contributed by atoms with Crippen LogP contribution in [0, 0.1) is 5.92 Å². The van der Waals surface area contributed by atoms with Crippen molar-refractivity contribution in [3.05, 3.63) is 103 Å². The number of fused-ring (bicyclic) bond motifs is 4. The molecule has 0 bridgehead atoms.